The van der Waals surface area contributed by atoms with Crippen molar-refractivity contribution < 1.29 is 27.5 Å². The molecule has 0 bridgehead atoms. The Kier molecular flexibility index (Phi) is 7.28. The minimum absolute atomic E-state index is 0.00284. The topological polar surface area (TPSA) is 112 Å². The number of aromatic nitrogens is 2. The molecule has 1 saturated carbocycles. The summed E-state index contributed by atoms with van der Waals surface area (Å²) in [4.78, 5) is 36.0. The number of fused-ring (bicyclic) bond motifs is 1. The zero-order valence-electron chi connectivity index (χ0n) is 23.0. The summed E-state index contributed by atoms with van der Waals surface area (Å²) in [5.74, 6) is -5.97. The number of amides is 2. The second-order valence-corrected chi connectivity index (χ2v) is 11.2. The van der Waals surface area contributed by atoms with E-state index in [4.69, 9.17) is 4.74 Å². The molecule has 1 aromatic heterocycles. The van der Waals surface area contributed by atoms with Crippen molar-refractivity contribution in [2.24, 2.45) is 5.41 Å². The first kappa shape index (κ1) is 27.9. The smallest absolute Gasteiger partial charge is 0.342 e. The van der Waals surface area contributed by atoms with Crippen molar-refractivity contribution in [2.45, 2.75) is 57.5 Å². The van der Waals surface area contributed by atoms with Gasteiger partial charge in [0.2, 0.25) is 5.95 Å². The fourth-order valence-electron chi connectivity index (χ4n) is 5.84. The van der Waals surface area contributed by atoms with Gasteiger partial charge in [0.05, 0.1) is 31.1 Å². The van der Waals surface area contributed by atoms with Crippen LogP contribution in [0.15, 0.2) is 18.3 Å². The van der Waals surface area contributed by atoms with E-state index < -0.39 is 36.1 Å². The molecular weight excluding hydrogens is 527 g/mol. The third-order valence-electron chi connectivity index (χ3n) is 8.13. The number of alkyl halides is 2. The molecular formula is C27H34F3N7O3. The Morgan fingerprint density at radius 1 is 1.23 bits per heavy atom. The van der Waals surface area contributed by atoms with Gasteiger partial charge in [0.25, 0.3) is 11.8 Å². The summed E-state index contributed by atoms with van der Waals surface area (Å²) in [6.07, 6.45) is 5.19. The van der Waals surface area contributed by atoms with E-state index in [9.17, 15) is 18.4 Å². The number of hydrogen-bond donors (Lipinski definition) is 3. The lowest BCUT2D eigenvalue weighted by atomic mass is 9.60. The fourth-order valence-corrected chi connectivity index (χ4v) is 5.84. The van der Waals surface area contributed by atoms with Crippen LogP contribution in [0, 0.1) is 11.2 Å². The second kappa shape index (κ2) is 10.4. The number of ether oxygens (including phenoxy) is 1. The summed E-state index contributed by atoms with van der Waals surface area (Å²) >= 11 is 0. The number of anilines is 4. The summed E-state index contributed by atoms with van der Waals surface area (Å²) in [5.41, 5.74) is 0.386. The number of rotatable bonds is 6. The third-order valence-corrected chi connectivity index (χ3v) is 8.13. The molecule has 1 saturated heterocycles. The van der Waals surface area contributed by atoms with Gasteiger partial charge in [-0.15, -0.1) is 0 Å². The lowest BCUT2D eigenvalue weighted by Gasteiger charge is -2.50. The van der Waals surface area contributed by atoms with Crippen LogP contribution >= 0.6 is 0 Å². The number of methoxy groups -OCH3 is 1. The molecule has 3 aliphatic rings. The zero-order chi connectivity index (χ0) is 28.8. The minimum atomic E-state index is -3.62. The molecule has 2 amide bonds. The highest BCUT2D eigenvalue weighted by Crippen LogP contribution is 2.48. The van der Waals surface area contributed by atoms with Crippen LogP contribution in [-0.4, -0.2) is 73.6 Å². The number of carbonyl (C=O) groups is 2. The van der Waals surface area contributed by atoms with Crippen molar-refractivity contribution in [3.05, 3.63) is 29.7 Å². The van der Waals surface area contributed by atoms with E-state index in [0.717, 1.165) is 49.7 Å². The van der Waals surface area contributed by atoms with E-state index >= 15 is 4.39 Å². The average Bonchev–Trinajstić information content (AvgIpc) is 2.97. The minimum Gasteiger partial charge on any atom is -0.495 e. The Hall–Kier alpha value is -3.61. The highest BCUT2D eigenvalue weighted by Gasteiger charge is 2.48. The van der Waals surface area contributed by atoms with Crippen molar-refractivity contribution in [3.63, 3.8) is 0 Å². The zero-order valence-corrected chi connectivity index (χ0v) is 23.0. The van der Waals surface area contributed by atoms with Gasteiger partial charge in [-0.2, -0.15) is 13.8 Å². The van der Waals surface area contributed by atoms with Crippen molar-refractivity contribution in [3.8, 4) is 5.75 Å². The molecule has 0 atom stereocenters. The number of benzene rings is 1. The molecule has 0 unspecified atom stereocenters. The van der Waals surface area contributed by atoms with E-state index in [1.54, 1.807) is 13.8 Å². The van der Waals surface area contributed by atoms with Gasteiger partial charge in [-0.05, 0) is 64.1 Å². The molecule has 1 spiro atoms. The first-order chi connectivity index (χ1) is 18.9. The van der Waals surface area contributed by atoms with E-state index in [1.165, 1.54) is 31.3 Å². The van der Waals surface area contributed by atoms with Gasteiger partial charge in [-0.3, -0.25) is 9.59 Å². The van der Waals surface area contributed by atoms with Crippen molar-refractivity contribution in [1.82, 2.24) is 20.6 Å². The predicted octanol–water partition coefficient (Wildman–Crippen LogP) is 3.46. The predicted molar refractivity (Wildman–Crippen MR) is 144 cm³/mol. The highest BCUT2D eigenvalue weighted by molar-refractivity contribution is 6.02. The van der Waals surface area contributed by atoms with Crippen LogP contribution in [0.1, 0.15) is 49.9 Å². The number of carbonyl (C=O) groups excluding carboxylic acids is 2. The molecule has 1 aromatic carbocycles. The second-order valence-electron chi connectivity index (χ2n) is 11.2. The molecule has 13 heteroatoms. The number of nitrogens with one attached hydrogen (secondary N) is 3. The fraction of sp³-hybridized carbons (Fsp3) is 0.556. The Balaban J connectivity index is 1.36. The van der Waals surface area contributed by atoms with E-state index in [1.807, 2.05) is 0 Å². The molecule has 3 heterocycles. The molecule has 1 aliphatic carbocycles. The lowest BCUT2D eigenvalue weighted by molar-refractivity contribution is -0.140. The average molecular weight is 562 g/mol. The van der Waals surface area contributed by atoms with Gasteiger partial charge in [0.1, 0.15) is 17.3 Å². The summed E-state index contributed by atoms with van der Waals surface area (Å²) in [6.45, 7) is 4.53. The molecule has 2 fully saturated rings. The Morgan fingerprint density at radius 2 is 1.93 bits per heavy atom. The quantitative estimate of drug-likeness (QED) is 0.492. The first-order valence-corrected chi connectivity index (χ1v) is 13.4. The van der Waals surface area contributed by atoms with Gasteiger partial charge in [0, 0.05) is 25.2 Å². The van der Waals surface area contributed by atoms with E-state index in [-0.39, 0.29) is 45.9 Å². The summed E-state index contributed by atoms with van der Waals surface area (Å²) in [5, 5.41) is 9.15. The van der Waals surface area contributed by atoms with Gasteiger partial charge >= 0.3 is 5.92 Å². The SMILES string of the molecule is COc1cc(C(=O)NC2CC3(CCNCC3)C2)c(F)cc1Nc1ncc2c(n1)N(C(C)C)CC(F)(F)C(=O)N2C. The number of hydrogen-bond acceptors (Lipinski definition) is 8. The molecule has 216 valence electrons. The Labute approximate surface area is 230 Å². The third kappa shape index (κ3) is 5.14. The molecule has 2 aliphatic heterocycles. The maximum atomic E-state index is 15.2. The molecule has 40 heavy (non-hydrogen) atoms. The maximum absolute atomic E-state index is 15.2. The number of halogens is 3. The van der Waals surface area contributed by atoms with Crippen LogP contribution < -0.4 is 30.5 Å². The normalized spacial score (nSPS) is 20.1. The van der Waals surface area contributed by atoms with Crippen LogP contribution in [-0.2, 0) is 4.79 Å². The van der Waals surface area contributed by atoms with Crippen molar-refractivity contribution in [1.29, 1.82) is 0 Å². The molecule has 3 N–H and O–H groups in total. The van der Waals surface area contributed by atoms with Gasteiger partial charge in [0.15, 0.2) is 5.82 Å². The summed E-state index contributed by atoms with van der Waals surface area (Å²) in [6, 6.07) is 2.02. The number of piperidine rings is 1. The van der Waals surface area contributed by atoms with E-state index in [0.29, 0.717) is 0 Å². The van der Waals surface area contributed by atoms with Crippen LogP contribution in [0.2, 0.25) is 0 Å². The molecule has 0 radical (unpaired) electrons. The van der Waals surface area contributed by atoms with Crippen molar-refractivity contribution in [2.75, 3.05) is 48.9 Å². The largest absolute Gasteiger partial charge is 0.495 e. The van der Waals surface area contributed by atoms with Gasteiger partial charge < -0.3 is 30.5 Å². The standard InChI is InChI=1S/C27H34F3N7O3/c1-15(2)37-14-27(29,30)24(39)36(3)20-13-32-25(35-22(20)37)34-19-10-18(28)17(9-21(19)40-4)23(38)33-16-11-26(12-16)5-7-31-8-6-26/h9-10,13,15-16,31H,5-8,11-12,14H2,1-4H3,(H,33,38)(H,32,34,35). The Bertz CT molecular complexity index is 1310. The van der Waals surface area contributed by atoms with Gasteiger partial charge in [-0.1, -0.05) is 0 Å². The van der Waals surface area contributed by atoms with Crippen LogP contribution in [0.3, 0.4) is 0 Å². The van der Waals surface area contributed by atoms with Crippen LogP contribution in [0.5, 0.6) is 5.75 Å². The monoisotopic (exact) mass is 561 g/mol. The maximum Gasteiger partial charge on any atom is 0.342 e. The van der Waals surface area contributed by atoms with Crippen molar-refractivity contribution >= 4 is 35.0 Å². The lowest BCUT2D eigenvalue weighted by Crippen LogP contribution is -2.54. The summed E-state index contributed by atoms with van der Waals surface area (Å²) in [7, 11) is 2.63. The number of nitrogens with zero attached hydrogens (tertiary/aromatic N) is 4. The van der Waals surface area contributed by atoms with Crippen LogP contribution in [0.25, 0.3) is 0 Å². The molecule has 10 nitrogen and oxygen atoms in total. The highest BCUT2D eigenvalue weighted by atomic mass is 19.3. The van der Waals surface area contributed by atoms with Gasteiger partial charge in [-0.25, -0.2) is 9.37 Å². The summed E-state index contributed by atoms with van der Waals surface area (Å²) < 4.78 is 49.8. The molecule has 5 rings (SSSR count). The first-order valence-electron chi connectivity index (χ1n) is 13.4. The van der Waals surface area contributed by atoms with E-state index in [2.05, 4.69) is 25.9 Å². The van der Waals surface area contributed by atoms with Crippen LogP contribution in [0.4, 0.5) is 36.3 Å². The Morgan fingerprint density at radius 3 is 2.58 bits per heavy atom. The molecule has 2 aromatic rings.